The molecule has 0 radical (unpaired) electrons. The molecule has 0 aromatic carbocycles. The van der Waals surface area contributed by atoms with Crippen molar-refractivity contribution >= 4 is 0 Å². The van der Waals surface area contributed by atoms with E-state index < -0.39 is 0 Å². The second-order valence-corrected chi connectivity index (χ2v) is 0.695. The minimum absolute atomic E-state index is 0. The molecule has 0 aliphatic heterocycles. The molecule has 40 valence electrons. The first kappa shape index (κ1) is 9.28. The molecule has 6 heavy (non-hydrogen) atoms. The molecule has 0 aliphatic carbocycles. The van der Waals surface area contributed by atoms with Gasteiger partial charge in [-0.25, -0.2) is 0 Å². The summed E-state index contributed by atoms with van der Waals surface area (Å²) in [7, 11) is 3.17. The summed E-state index contributed by atoms with van der Waals surface area (Å²) < 4.78 is 8.94. The Labute approximate surface area is 36.4 Å². The molecule has 0 atom stereocenters. The highest BCUT2D eigenvalue weighted by molar-refractivity contribution is 3.84. The van der Waals surface area contributed by atoms with Crippen LogP contribution in [0.5, 0.6) is 0 Å². The molecule has 0 fully saturated rings. The molecule has 0 aromatic rings. The van der Waals surface area contributed by atoms with Crippen molar-refractivity contribution in [3.05, 3.63) is 0 Å². The molecule has 0 N–H and O–H groups in total. The van der Waals surface area contributed by atoms with Crippen LogP contribution in [0.4, 0.5) is 4.70 Å². The molecule has 0 saturated heterocycles. The van der Waals surface area contributed by atoms with Crippen LogP contribution in [-0.4, -0.2) is 21.0 Å². The fourth-order valence-electron chi connectivity index (χ4n) is 0.118. The van der Waals surface area contributed by atoms with Crippen LogP contribution in [0.2, 0.25) is 0 Å². The van der Waals surface area contributed by atoms with Crippen molar-refractivity contribution in [2.24, 2.45) is 0 Å². The first-order chi connectivity index (χ1) is 2.41. The molecule has 0 rings (SSSR count). The predicted octanol–water partition coefficient (Wildman–Crippen LogP) is 0.389. The van der Waals surface area contributed by atoms with Crippen LogP contribution in [0, 0.1) is 0 Å². The first-order valence-corrected chi connectivity index (χ1v) is 1.39. The van der Waals surface area contributed by atoms with Crippen molar-refractivity contribution in [3.63, 3.8) is 0 Å². The van der Waals surface area contributed by atoms with Gasteiger partial charge in [-0.1, -0.05) is 0 Å². The molecule has 0 unspecified atom stereocenters. The largest absolute Gasteiger partial charge is 0.359 e. The molecule has 0 heterocycles. The fraction of sp³-hybridized carbons (Fsp3) is 1.00. The highest BCUT2D eigenvalue weighted by Gasteiger charge is 1.63. The van der Waals surface area contributed by atoms with Crippen LogP contribution < -0.4 is 0 Å². The topological polar surface area (TPSA) is 18.5 Å². The van der Waals surface area contributed by atoms with Gasteiger partial charge in [-0.2, -0.15) is 0 Å². The van der Waals surface area contributed by atoms with Gasteiger partial charge in [0.25, 0.3) is 0 Å². The Balaban J connectivity index is 0. The van der Waals surface area contributed by atoms with Gasteiger partial charge in [0.05, 0.1) is 0 Å². The summed E-state index contributed by atoms with van der Waals surface area (Å²) in [4.78, 5) is 0. The third-order valence-corrected chi connectivity index (χ3v) is 0.236. The summed E-state index contributed by atoms with van der Waals surface area (Å²) in [6.07, 6.45) is 0. The smallest absolute Gasteiger partial charge is 0.145 e. The van der Waals surface area contributed by atoms with E-state index in [0.29, 0.717) is 6.79 Å². The van der Waals surface area contributed by atoms with Crippen molar-refractivity contribution in [2.75, 3.05) is 21.0 Å². The Kier molecular flexibility index (Phi) is 13.7. The van der Waals surface area contributed by atoms with Gasteiger partial charge in [-0.3, -0.25) is 4.70 Å². The average molecular weight is 96.1 g/mol. The van der Waals surface area contributed by atoms with Gasteiger partial charge in [0, 0.05) is 14.2 Å². The minimum Gasteiger partial charge on any atom is -0.359 e. The Morgan fingerprint density at radius 2 is 1.50 bits per heavy atom. The number of hydrogen-bond acceptors (Lipinski definition) is 2. The Morgan fingerprint density at radius 1 is 1.17 bits per heavy atom. The van der Waals surface area contributed by atoms with E-state index in [1.807, 2.05) is 0 Å². The van der Waals surface area contributed by atoms with E-state index in [-0.39, 0.29) is 4.70 Å². The number of methoxy groups -OCH3 is 2. The van der Waals surface area contributed by atoms with Crippen LogP contribution in [-0.2, 0) is 9.47 Å². The lowest BCUT2D eigenvalue weighted by Crippen LogP contribution is -1.87. The zero-order valence-electron chi connectivity index (χ0n) is 3.93. The third kappa shape index (κ3) is 9.14. The summed E-state index contributed by atoms with van der Waals surface area (Å²) in [5, 5.41) is 0. The monoisotopic (exact) mass is 96.1 g/mol. The summed E-state index contributed by atoms with van der Waals surface area (Å²) in [5.41, 5.74) is 0. The summed E-state index contributed by atoms with van der Waals surface area (Å²) in [6, 6.07) is 0. The minimum atomic E-state index is 0. The van der Waals surface area contributed by atoms with Crippen LogP contribution in [0.25, 0.3) is 0 Å². The van der Waals surface area contributed by atoms with Crippen LogP contribution in [0.15, 0.2) is 0 Å². The second-order valence-electron chi connectivity index (χ2n) is 0.695. The van der Waals surface area contributed by atoms with Gasteiger partial charge >= 0.3 is 0 Å². The molecule has 0 aliphatic rings. The second kappa shape index (κ2) is 8.85. The van der Waals surface area contributed by atoms with Crippen LogP contribution >= 0.6 is 0 Å². The van der Waals surface area contributed by atoms with Crippen molar-refractivity contribution in [3.8, 4) is 0 Å². The van der Waals surface area contributed by atoms with E-state index in [0.717, 1.165) is 0 Å². The zero-order chi connectivity index (χ0) is 4.12. The van der Waals surface area contributed by atoms with Crippen molar-refractivity contribution in [1.29, 1.82) is 0 Å². The Morgan fingerprint density at radius 3 is 1.50 bits per heavy atom. The van der Waals surface area contributed by atoms with Crippen LogP contribution in [0.1, 0.15) is 0 Å². The van der Waals surface area contributed by atoms with E-state index in [4.69, 9.17) is 0 Å². The standard InChI is InChI=1S/C3H8O2.FH/c1-4-3-5-2;/h3H2,1-2H3;1H. The molecular weight excluding hydrogens is 87.0 g/mol. The quantitative estimate of drug-likeness (QED) is 0.463. The summed E-state index contributed by atoms with van der Waals surface area (Å²) >= 11 is 0. The van der Waals surface area contributed by atoms with E-state index in [1.165, 1.54) is 0 Å². The molecule has 0 spiro atoms. The lowest BCUT2D eigenvalue weighted by molar-refractivity contribution is -0.00271. The van der Waals surface area contributed by atoms with Gasteiger partial charge in [0.1, 0.15) is 6.79 Å². The predicted molar refractivity (Wildman–Crippen MR) is 21.4 cm³/mol. The Bertz CT molecular complexity index is 16.3. The number of hydrogen-bond donors (Lipinski definition) is 0. The van der Waals surface area contributed by atoms with Gasteiger partial charge in [0.2, 0.25) is 0 Å². The lowest BCUT2D eigenvalue weighted by Gasteiger charge is -1.87. The highest BCUT2D eigenvalue weighted by Crippen LogP contribution is 1.60. The number of ether oxygens (including phenoxy) is 2. The molecule has 0 aromatic heterocycles. The maximum atomic E-state index is 4.47. The van der Waals surface area contributed by atoms with E-state index in [1.54, 1.807) is 14.2 Å². The highest BCUT2D eigenvalue weighted by atomic mass is 19.0. The molecule has 0 saturated carbocycles. The Hall–Kier alpha value is -0.150. The summed E-state index contributed by atoms with van der Waals surface area (Å²) in [6.45, 7) is 0.389. The normalized spacial score (nSPS) is 7.00. The van der Waals surface area contributed by atoms with Gasteiger partial charge < -0.3 is 9.47 Å². The molecular formula is C3H9FO2. The van der Waals surface area contributed by atoms with Gasteiger partial charge in [0.15, 0.2) is 0 Å². The zero-order valence-corrected chi connectivity index (χ0v) is 3.93. The average Bonchev–Trinajstić information content (AvgIpc) is 1.41. The molecule has 0 bridgehead atoms. The lowest BCUT2D eigenvalue weighted by atomic mass is 11.4. The number of halogens is 1. The van der Waals surface area contributed by atoms with Crippen molar-refractivity contribution < 1.29 is 14.2 Å². The SMILES string of the molecule is COCOC.F. The van der Waals surface area contributed by atoms with E-state index in [2.05, 4.69) is 9.47 Å². The van der Waals surface area contributed by atoms with E-state index in [9.17, 15) is 0 Å². The first-order valence-electron chi connectivity index (χ1n) is 1.39. The molecule has 0 amide bonds. The maximum Gasteiger partial charge on any atom is 0.145 e. The van der Waals surface area contributed by atoms with Gasteiger partial charge in [-0.15, -0.1) is 0 Å². The molecule has 2 nitrogen and oxygen atoms in total. The maximum absolute atomic E-state index is 4.47. The summed E-state index contributed by atoms with van der Waals surface area (Å²) in [5.74, 6) is 0. The fourth-order valence-corrected chi connectivity index (χ4v) is 0.118. The van der Waals surface area contributed by atoms with Crippen molar-refractivity contribution in [2.45, 2.75) is 0 Å². The van der Waals surface area contributed by atoms with Crippen molar-refractivity contribution in [1.82, 2.24) is 0 Å². The third-order valence-electron chi connectivity index (χ3n) is 0.236. The van der Waals surface area contributed by atoms with E-state index >= 15 is 0 Å². The number of rotatable bonds is 2. The molecule has 3 heteroatoms. The van der Waals surface area contributed by atoms with Gasteiger partial charge in [-0.05, 0) is 0 Å². The van der Waals surface area contributed by atoms with Crippen LogP contribution in [0.3, 0.4) is 0 Å².